The van der Waals surface area contributed by atoms with Crippen molar-refractivity contribution in [3.8, 4) is 5.75 Å². The lowest BCUT2D eigenvalue weighted by atomic mass is 10.2. The second-order valence-electron chi connectivity index (χ2n) is 4.97. The minimum absolute atomic E-state index is 0.169. The predicted octanol–water partition coefficient (Wildman–Crippen LogP) is 2.33. The summed E-state index contributed by atoms with van der Waals surface area (Å²) in [5, 5.41) is 9.84. The number of hydrogen-bond acceptors (Lipinski definition) is 5. The molecule has 124 valence electrons. The first-order chi connectivity index (χ1) is 11.6. The summed E-state index contributed by atoms with van der Waals surface area (Å²) in [5.41, 5.74) is 1.29. The maximum absolute atomic E-state index is 12.4. The first-order valence-electron chi connectivity index (χ1n) is 7.31. The summed E-state index contributed by atoms with van der Waals surface area (Å²) in [4.78, 5) is 27.2. The molecule has 8 heteroatoms. The molecule has 2 aromatic heterocycles. The number of H-pyrrole nitrogens is 2. The van der Waals surface area contributed by atoms with E-state index in [0.29, 0.717) is 11.4 Å². The number of carbonyl (C=O) groups is 2. The van der Waals surface area contributed by atoms with Crippen LogP contribution in [0.2, 0.25) is 0 Å². The smallest absolute Gasteiger partial charge is 0.343 e. The van der Waals surface area contributed by atoms with Gasteiger partial charge < -0.3 is 19.8 Å². The molecule has 0 atom stereocenters. The van der Waals surface area contributed by atoms with E-state index in [1.807, 2.05) is 12.1 Å². The fourth-order valence-corrected chi connectivity index (χ4v) is 2.28. The number of hydrogen-bond donors (Lipinski definition) is 3. The quantitative estimate of drug-likeness (QED) is 0.623. The number of fused-ring (bicyclic) bond motifs is 1. The zero-order chi connectivity index (χ0) is 17.1. The van der Waals surface area contributed by atoms with Crippen molar-refractivity contribution in [1.82, 2.24) is 15.2 Å². The van der Waals surface area contributed by atoms with Crippen LogP contribution in [0.3, 0.4) is 0 Å². The van der Waals surface area contributed by atoms with Gasteiger partial charge in [0.15, 0.2) is 0 Å². The van der Waals surface area contributed by atoms with Crippen molar-refractivity contribution in [3.63, 3.8) is 0 Å². The van der Waals surface area contributed by atoms with Gasteiger partial charge in [-0.25, -0.2) is 4.79 Å². The monoisotopic (exact) mass is 328 g/mol. The van der Waals surface area contributed by atoms with Gasteiger partial charge in [0.05, 0.1) is 19.9 Å². The van der Waals surface area contributed by atoms with Crippen molar-refractivity contribution in [1.29, 1.82) is 0 Å². The summed E-state index contributed by atoms with van der Waals surface area (Å²) in [7, 11) is 1.58. The number of carbonyl (C=O) groups excluding carboxylic acids is 2. The molecule has 0 saturated heterocycles. The van der Waals surface area contributed by atoms with E-state index < -0.39 is 11.9 Å². The molecule has 0 spiro atoms. The average Bonchev–Trinajstić information content (AvgIpc) is 3.20. The maximum Gasteiger partial charge on any atom is 0.343 e. The van der Waals surface area contributed by atoms with Crippen molar-refractivity contribution < 1.29 is 19.1 Å². The number of esters is 1. The Balaban J connectivity index is 1.83. The molecule has 0 bridgehead atoms. The Morgan fingerprint density at radius 2 is 2.12 bits per heavy atom. The molecule has 3 rings (SSSR count). The van der Waals surface area contributed by atoms with Gasteiger partial charge in [0.25, 0.3) is 5.91 Å². The number of aromatic nitrogens is 3. The van der Waals surface area contributed by atoms with Crippen LogP contribution in [-0.2, 0) is 4.74 Å². The summed E-state index contributed by atoms with van der Waals surface area (Å²) in [6, 6.07) is 7.17. The van der Waals surface area contributed by atoms with Crippen LogP contribution in [0.25, 0.3) is 10.9 Å². The highest BCUT2D eigenvalue weighted by Crippen LogP contribution is 2.22. The molecule has 2 heterocycles. The number of aromatic amines is 2. The van der Waals surface area contributed by atoms with E-state index >= 15 is 0 Å². The van der Waals surface area contributed by atoms with Gasteiger partial charge in [0.1, 0.15) is 22.8 Å². The summed E-state index contributed by atoms with van der Waals surface area (Å²) in [5.74, 6) is -0.0768. The Morgan fingerprint density at radius 1 is 1.29 bits per heavy atom. The largest absolute Gasteiger partial charge is 0.497 e. The highest BCUT2D eigenvalue weighted by molar-refractivity contribution is 6.08. The van der Waals surface area contributed by atoms with Crippen LogP contribution >= 0.6 is 0 Å². The van der Waals surface area contributed by atoms with Gasteiger partial charge in [-0.05, 0) is 25.1 Å². The third-order valence-electron chi connectivity index (χ3n) is 3.45. The topological polar surface area (TPSA) is 109 Å². The van der Waals surface area contributed by atoms with Crippen molar-refractivity contribution in [2.24, 2.45) is 0 Å². The van der Waals surface area contributed by atoms with Crippen molar-refractivity contribution in [2.75, 3.05) is 19.0 Å². The summed E-state index contributed by atoms with van der Waals surface area (Å²) in [6.07, 6.45) is 1.31. The van der Waals surface area contributed by atoms with Crippen LogP contribution < -0.4 is 10.1 Å². The molecule has 3 N–H and O–H groups in total. The van der Waals surface area contributed by atoms with E-state index in [9.17, 15) is 9.59 Å². The van der Waals surface area contributed by atoms with Crippen LogP contribution in [0.4, 0.5) is 5.82 Å². The van der Waals surface area contributed by atoms with Gasteiger partial charge in [-0.2, -0.15) is 5.10 Å². The van der Waals surface area contributed by atoms with E-state index in [0.717, 1.165) is 10.9 Å². The maximum atomic E-state index is 12.4. The van der Waals surface area contributed by atoms with Crippen LogP contribution in [0.5, 0.6) is 5.75 Å². The van der Waals surface area contributed by atoms with Crippen molar-refractivity contribution in [3.05, 3.63) is 41.7 Å². The first kappa shape index (κ1) is 15.6. The van der Waals surface area contributed by atoms with Gasteiger partial charge in [-0.15, -0.1) is 0 Å². The van der Waals surface area contributed by atoms with E-state index in [1.54, 1.807) is 26.2 Å². The second-order valence-corrected chi connectivity index (χ2v) is 4.97. The third kappa shape index (κ3) is 2.94. The fraction of sp³-hybridized carbons (Fsp3) is 0.188. The molecule has 0 aliphatic heterocycles. The van der Waals surface area contributed by atoms with E-state index in [4.69, 9.17) is 9.47 Å². The van der Waals surface area contributed by atoms with Crippen LogP contribution in [-0.4, -0.2) is 40.8 Å². The van der Waals surface area contributed by atoms with Crippen molar-refractivity contribution in [2.45, 2.75) is 6.92 Å². The lowest BCUT2D eigenvalue weighted by Crippen LogP contribution is -2.15. The van der Waals surface area contributed by atoms with E-state index in [-0.39, 0.29) is 18.0 Å². The van der Waals surface area contributed by atoms with Crippen LogP contribution in [0.1, 0.15) is 27.8 Å². The Hall–Kier alpha value is -3.29. The third-order valence-corrected chi connectivity index (χ3v) is 3.45. The summed E-state index contributed by atoms with van der Waals surface area (Å²) >= 11 is 0. The summed E-state index contributed by atoms with van der Waals surface area (Å²) in [6.45, 7) is 1.94. The standard InChI is InChI=1S/C16H16N4O4/c1-3-24-16(22)11-8-17-20-14(11)19-15(21)13-6-9-4-5-10(23-2)7-12(9)18-13/h4-8,18H,3H2,1-2H3,(H2,17,19,20,21). The summed E-state index contributed by atoms with van der Waals surface area (Å²) < 4.78 is 10.1. The number of nitrogens with zero attached hydrogens (tertiary/aromatic N) is 1. The van der Waals surface area contributed by atoms with E-state index in [2.05, 4.69) is 20.5 Å². The molecule has 3 aromatic rings. The molecular weight excluding hydrogens is 312 g/mol. The van der Waals surface area contributed by atoms with E-state index in [1.165, 1.54) is 6.20 Å². The number of anilines is 1. The predicted molar refractivity (Wildman–Crippen MR) is 87.3 cm³/mol. The number of benzene rings is 1. The van der Waals surface area contributed by atoms with Crippen LogP contribution in [0, 0.1) is 0 Å². The number of methoxy groups -OCH3 is 1. The Morgan fingerprint density at radius 3 is 2.88 bits per heavy atom. The van der Waals surface area contributed by atoms with Gasteiger partial charge in [0.2, 0.25) is 0 Å². The number of ether oxygens (including phenoxy) is 2. The molecule has 1 aromatic carbocycles. The Labute approximate surface area is 137 Å². The molecule has 1 amide bonds. The van der Waals surface area contributed by atoms with Gasteiger partial charge in [0, 0.05) is 17.0 Å². The lowest BCUT2D eigenvalue weighted by molar-refractivity contribution is 0.0527. The van der Waals surface area contributed by atoms with Gasteiger partial charge in [-0.1, -0.05) is 0 Å². The molecule has 0 aliphatic carbocycles. The Bertz CT molecular complexity index is 897. The Kier molecular flexibility index (Phi) is 4.19. The minimum atomic E-state index is -0.553. The van der Waals surface area contributed by atoms with Crippen molar-refractivity contribution >= 4 is 28.6 Å². The zero-order valence-corrected chi connectivity index (χ0v) is 13.2. The molecule has 0 saturated carbocycles. The zero-order valence-electron chi connectivity index (χ0n) is 13.2. The highest BCUT2D eigenvalue weighted by atomic mass is 16.5. The molecular formula is C16H16N4O4. The molecule has 0 aliphatic rings. The normalized spacial score (nSPS) is 10.6. The molecule has 24 heavy (non-hydrogen) atoms. The second kappa shape index (κ2) is 6.45. The SMILES string of the molecule is CCOC(=O)c1cn[nH]c1NC(=O)c1cc2ccc(OC)cc2[nH]1. The number of nitrogens with one attached hydrogen (secondary N) is 3. The highest BCUT2D eigenvalue weighted by Gasteiger charge is 2.18. The molecule has 0 radical (unpaired) electrons. The molecule has 0 fully saturated rings. The lowest BCUT2D eigenvalue weighted by Gasteiger charge is -2.04. The number of rotatable bonds is 5. The molecule has 0 unspecified atom stereocenters. The minimum Gasteiger partial charge on any atom is -0.497 e. The average molecular weight is 328 g/mol. The van der Waals surface area contributed by atoms with Gasteiger partial charge in [-0.3, -0.25) is 9.89 Å². The number of amides is 1. The van der Waals surface area contributed by atoms with Crippen LogP contribution in [0.15, 0.2) is 30.5 Å². The molecule has 8 nitrogen and oxygen atoms in total. The van der Waals surface area contributed by atoms with Gasteiger partial charge >= 0.3 is 5.97 Å². The first-order valence-corrected chi connectivity index (χ1v) is 7.31. The fourth-order valence-electron chi connectivity index (χ4n) is 2.28.